The second kappa shape index (κ2) is 7.37. The number of aromatic nitrogens is 2. The standard InChI is InChI=1S/C15H24N4O5/c1-5-15(8-17-21)11(22-4)10(23-6-2)13(24-15)19-7-9(3)12(16)18-14(19)20/h7,10-11,13H,5-6,8H2,1-4H3,(H2,16,18,20)/t10?,11?,13?,15-/m1/s1. The zero-order chi connectivity index (χ0) is 17.9. The summed E-state index contributed by atoms with van der Waals surface area (Å²) in [5.41, 5.74) is 4.82. The minimum atomic E-state index is -0.963. The second-order valence-corrected chi connectivity index (χ2v) is 5.79. The van der Waals surface area contributed by atoms with E-state index in [1.807, 2.05) is 13.8 Å². The van der Waals surface area contributed by atoms with Crippen molar-refractivity contribution in [2.45, 2.75) is 51.2 Å². The Morgan fingerprint density at radius 2 is 2.21 bits per heavy atom. The number of hydrogen-bond acceptors (Lipinski definition) is 8. The van der Waals surface area contributed by atoms with E-state index in [4.69, 9.17) is 19.9 Å². The first-order valence-corrected chi connectivity index (χ1v) is 7.90. The summed E-state index contributed by atoms with van der Waals surface area (Å²) in [4.78, 5) is 27.0. The lowest BCUT2D eigenvalue weighted by molar-refractivity contribution is -0.107. The summed E-state index contributed by atoms with van der Waals surface area (Å²) in [6.45, 7) is 5.75. The Bertz CT molecular complexity index is 649. The van der Waals surface area contributed by atoms with Crippen LogP contribution in [-0.4, -0.2) is 47.6 Å². The lowest BCUT2D eigenvalue weighted by atomic mass is 9.92. The van der Waals surface area contributed by atoms with E-state index < -0.39 is 29.7 Å². The predicted octanol–water partition coefficient (Wildman–Crippen LogP) is 0.998. The van der Waals surface area contributed by atoms with Gasteiger partial charge in [-0.25, -0.2) is 4.79 Å². The minimum absolute atomic E-state index is 0.0990. The van der Waals surface area contributed by atoms with Crippen molar-refractivity contribution >= 4 is 5.82 Å². The van der Waals surface area contributed by atoms with E-state index in [2.05, 4.69) is 10.2 Å². The molecule has 1 aromatic rings. The van der Waals surface area contributed by atoms with E-state index in [1.165, 1.54) is 11.7 Å². The first-order chi connectivity index (χ1) is 11.4. The van der Waals surface area contributed by atoms with Crippen LogP contribution in [0.25, 0.3) is 0 Å². The van der Waals surface area contributed by atoms with Crippen LogP contribution < -0.4 is 11.4 Å². The van der Waals surface area contributed by atoms with Crippen LogP contribution in [0.5, 0.6) is 0 Å². The van der Waals surface area contributed by atoms with Crippen LogP contribution in [0.15, 0.2) is 16.2 Å². The molecule has 1 aliphatic heterocycles. The van der Waals surface area contributed by atoms with Crippen molar-refractivity contribution in [1.82, 2.24) is 9.55 Å². The van der Waals surface area contributed by atoms with Gasteiger partial charge in [0, 0.05) is 25.5 Å². The third-order valence-electron chi connectivity index (χ3n) is 4.45. The quantitative estimate of drug-likeness (QED) is 0.735. The van der Waals surface area contributed by atoms with E-state index >= 15 is 0 Å². The summed E-state index contributed by atoms with van der Waals surface area (Å²) in [6, 6.07) is 0. The molecule has 0 radical (unpaired) electrons. The average Bonchev–Trinajstić information content (AvgIpc) is 2.85. The SMILES string of the molecule is CCOC1C(n2cc(C)c(N)nc2=O)O[C@](CC)(CN=O)C1OC. The fourth-order valence-electron chi connectivity index (χ4n) is 3.14. The molecule has 0 aromatic carbocycles. The molecule has 0 spiro atoms. The van der Waals surface area contributed by atoms with Gasteiger partial charge in [0.2, 0.25) is 0 Å². The molecule has 0 bridgehead atoms. The van der Waals surface area contributed by atoms with Crippen LogP contribution in [-0.2, 0) is 14.2 Å². The summed E-state index contributed by atoms with van der Waals surface area (Å²) < 4.78 is 18.8. The van der Waals surface area contributed by atoms with Crippen molar-refractivity contribution in [1.29, 1.82) is 0 Å². The van der Waals surface area contributed by atoms with Gasteiger partial charge in [-0.05, 0) is 20.3 Å². The molecule has 1 saturated heterocycles. The molecule has 9 nitrogen and oxygen atoms in total. The van der Waals surface area contributed by atoms with Gasteiger partial charge < -0.3 is 19.9 Å². The summed E-state index contributed by atoms with van der Waals surface area (Å²) in [6.07, 6.45) is 0.150. The Morgan fingerprint density at radius 3 is 2.75 bits per heavy atom. The van der Waals surface area contributed by atoms with Gasteiger partial charge in [-0.3, -0.25) is 4.57 Å². The number of aryl methyl sites for hydroxylation is 1. The molecule has 2 N–H and O–H groups in total. The van der Waals surface area contributed by atoms with Crippen molar-refractivity contribution in [2.24, 2.45) is 5.18 Å². The van der Waals surface area contributed by atoms with Gasteiger partial charge >= 0.3 is 5.69 Å². The van der Waals surface area contributed by atoms with Crippen LogP contribution in [0.3, 0.4) is 0 Å². The van der Waals surface area contributed by atoms with Gasteiger partial charge in [0.25, 0.3) is 0 Å². The highest BCUT2D eigenvalue weighted by Gasteiger charge is 2.56. The topological polar surface area (TPSA) is 118 Å². The Balaban J connectivity index is 2.53. The van der Waals surface area contributed by atoms with E-state index in [0.717, 1.165) is 0 Å². The largest absolute Gasteiger partial charge is 0.383 e. The number of rotatable bonds is 7. The lowest BCUT2D eigenvalue weighted by Crippen LogP contribution is -2.47. The summed E-state index contributed by atoms with van der Waals surface area (Å²) in [5, 5.41) is 3.00. The predicted molar refractivity (Wildman–Crippen MR) is 87.7 cm³/mol. The molecule has 2 rings (SSSR count). The number of nitrogens with zero attached hydrogens (tertiary/aromatic N) is 3. The van der Waals surface area contributed by atoms with Gasteiger partial charge in [-0.15, -0.1) is 0 Å². The first-order valence-electron chi connectivity index (χ1n) is 7.90. The molecule has 3 unspecified atom stereocenters. The molecule has 0 aliphatic carbocycles. The Morgan fingerprint density at radius 1 is 1.50 bits per heavy atom. The Labute approximate surface area is 140 Å². The molecule has 4 atom stereocenters. The van der Waals surface area contributed by atoms with Gasteiger partial charge in [0.05, 0.1) is 0 Å². The maximum absolute atomic E-state index is 12.3. The van der Waals surface area contributed by atoms with Crippen LogP contribution in [0, 0.1) is 11.8 Å². The third-order valence-corrected chi connectivity index (χ3v) is 4.45. The summed E-state index contributed by atoms with van der Waals surface area (Å²) in [5.74, 6) is 0.168. The molecule has 9 heteroatoms. The zero-order valence-corrected chi connectivity index (χ0v) is 14.4. The highest BCUT2D eigenvalue weighted by atomic mass is 16.6. The molecule has 1 aliphatic rings. The van der Waals surface area contributed by atoms with Gasteiger partial charge in [-0.2, -0.15) is 9.89 Å². The summed E-state index contributed by atoms with van der Waals surface area (Å²) >= 11 is 0. The van der Waals surface area contributed by atoms with Crippen molar-refractivity contribution < 1.29 is 14.2 Å². The average molecular weight is 340 g/mol. The highest BCUT2D eigenvalue weighted by molar-refractivity contribution is 5.35. The maximum Gasteiger partial charge on any atom is 0.351 e. The highest BCUT2D eigenvalue weighted by Crippen LogP contribution is 2.42. The van der Waals surface area contributed by atoms with Crippen molar-refractivity contribution in [2.75, 3.05) is 26.0 Å². The van der Waals surface area contributed by atoms with E-state index in [9.17, 15) is 9.70 Å². The van der Waals surface area contributed by atoms with Gasteiger partial charge in [0.1, 0.15) is 30.2 Å². The third kappa shape index (κ3) is 3.06. The zero-order valence-electron chi connectivity index (χ0n) is 14.4. The smallest absolute Gasteiger partial charge is 0.351 e. The second-order valence-electron chi connectivity index (χ2n) is 5.79. The molecular weight excluding hydrogens is 316 g/mol. The van der Waals surface area contributed by atoms with E-state index in [1.54, 1.807) is 13.1 Å². The van der Waals surface area contributed by atoms with Crippen molar-refractivity contribution in [3.8, 4) is 0 Å². The molecule has 1 fully saturated rings. The molecular formula is C15H24N4O5. The molecule has 1 aromatic heterocycles. The van der Waals surface area contributed by atoms with Crippen LogP contribution >= 0.6 is 0 Å². The first kappa shape index (κ1) is 18.5. The Hall–Kier alpha value is -1.84. The Kier molecular flexibility index (Phi) is 5.68. The number of nitrogen functional groups attached to an aromatic ring is 1. The number of nitrogens with two attached hydrogens (primary N) is 1. The number of anilines is 1. The van der Waals surface area contributed by atoms with Crippen LogP contribution in [0.2, 0.25) is 0 Å². The molecule has 0 amide bonds. The molecule has 134 valence electrons. The number of nitroso groups, excluding NO2 is 1. The van der Waals surface area contributed by atoms with Crippen LogP contribution in [0.4, 0.5) is 5.82 Å². The fraction of sp³-hybridized carbons (Fsp3) is 0.733. The fourth-order valence-corrected chi connectivity index (χ4v) is 3.14. The molecule has 24 heavy (non-hydrogen) atoms. The molecule has 2 heterocycles. The van der Waals surface area contributed by atoms with Gasteiger partial charge in [0.15, 0.2) is 6.23 Å². The number of methoxy groups -OCH3 is 1. The summed E-state index contributed by atoms with van der Waals surface area (Å²) in [7, 11) is 1.52. The lowest BCUT2D eigenvalue weighted by Gasteiger charge is -2.30. The van der Waals surface area contributed by atoms with Crippen molar-refractivity contribution in [3.05, 3.63) is 27.2 Å². The minimum Gasteiger partial charge on any atom is -0.383 e. The normalized spacial score (nSPS) is 29.8. The van der Waals surface area contributed by atoms with Crippen molar-refractivity contribution in [3.63, 3.8) is 0 Å². The molecule has 0 saturated carbocycles. The van der Waals surface area contributed by atoms with Gasteiger partial charge in [-0.1, -0.05) is 12.1 Å². The number of hydrogen-bond donors (Lipinski definition) is 1. The maximum atomic E-state index is 12.3. The number of ether oxygens (including phenoxy) is 3. The monoisotopic (exact) mass is 340 g/mol. The van der Waals surface area contributed by atoms with Crippen LogP contribution in [0.1, 0.15) is 32.1 Å². The van der Waals surface area contributed by atoms with E-state index in [-0.39, 0.29) is 12.4 Å². The van der Waals surface area contributed by atoms with E-state index in [0.29, 0.717) is 18.6 Å².